The number of halogens is 1. The van der Waals surface area contributed by atoms with Crippen LogP contribution in [0.2, 0.25) is 0 Å². The maximum absolute atomic E-state index is 13.6. The first-order chi connectivity index (χ1) is 12.0. The number of para-hydroxylation sites is 1. The summed E-state index contributed by atoms with van der Waals surface area (Å²) in [5.41, 5.74) is 2.33. The van der Waals surface area contributed by atoms with Gasteiger partial charge >= 0.3 is 5.69 Å². The molecule has 1 aromatic heterocycles. The molecule has 0 bridgehead atoms. The van der Waals surface area contributed by atoms with E-state index >= 15 is 0 Å². The van der Waals surface area contributed by atoms with E-state index in [1.165, 1.54) is 12.1 Å². The maximum atomic E-state index is 13.6. The molecule has 0 fully saturated rings. The van der Waals surface area contributed by atoms with Gasteiger partial charge < -0.3 is 9.73 Å². The molecule has 0 aliphatic carbocycles. The molecule has 25 heavy (non-hydrogen) atoms. The fraction of sp³-hybridized carbons (Fsp3) is 0.167. The van der Waals surface area contributed by atoms with Crippen molar-refractivity contribution in [2.45, 2.75) is 13.3 Å². The lowest BCUT2D eigenvalue weighted by molar-refractivity contribution is -0.386. The lowest BCUT2D eigenvalue weighted by Gasteiger charge is -2.06. The van der Waals surface area contributed by atoms with Crippen molar-refractivity contribution in [1.82, 2.24) is 4.98 Å². The fourth-order valence-corrected chi connectivity index (χ4v) is 2.42. The lowest BCUT2D eigenvalue weighted by atomic mass is 10.1. The van der Waals surface area contributed by atoms with Gasteiger partial charge in [0, 0.05) is 18.5 Å². The number of hydrogen-bond acceptors (Lipinski definition) is 5. The van der Waals surface area contributed by atoms with Crippen molar-refractivity contribution in [2.75, 3.05) is 11.9 Å². The summed E-state index contributed by atoms with van der Waals surface area (Å²) in [5.74, 6) is -0.343. The number of aromatic nitrogens is 1. The summed E-state index contributed by atoms with van der Waals surface area (Å²) in [4.78, 5) is 14.6. The number of aryl methyl sites for hydroxylation is 1. The molecule has 6 nitrogen and oxygen atoms in total. The van der Waals surface area contributed by atoms with E-state index in [1.54, 1.807) is 6.26 Å². The van der Waals surface area contributed by atoms with Crippen molar-refractivity contribution in [1.29, 1.82) is 0 Å². The van der Waals surface area contributed by atoms with Gasteiger partial charge in [-0.15, -0.1) is 0 Å². The highest BCUT2D eigenvalue weighted by Gasteiger charge is 2.19. The molecule has 0 spiro atoms. The normalized spacial score (nSPS) is 10.6. The first-order valence-corrected chi connectivity index (χ1v) is 7.73. The Balaban J connectivity index is 1.65. The Morgan fingerprint density at radius 3 is 2.72 bits per heavy atom. The van der Waals surface area contributed by atoms with E-state index in [0.717, 1.165) is 17.2 Å². The molecule has 0 aliphatic rings. The first-order valence-electron chi connectivity index (χ1n) is 7.73. The molecule has 3 aromatic rings. The maximum Gasteiger partial charge on any atom is 0.327 e. The molecule has 0 radical (unpaired) electrons. The Morgan fingerprint density at radius 2 is 2.00 bits per heavy atom. The summed E-state index contributed by atoms with van der Waals surface area (Å²) in [6.07, 6.45) is 2.04. The molecule has 1 N–H and O–H groups in total. The monoisotopic (exact) mass is 341 g/mol. The van der Waals surface area contributed by atoms with E-state index in [9.17, 15) is 14.5 Å². The van der Waals surface area contributed by atoms with Crippen molar-refractivity contribution in [3.05, 3.63) is 75.9 Å². The van der Waals surface area contributed by atoms with Crippen LogP contribution in [-0.2, 0) is 6.42 Å². The Morgan fingerprint density at radius 1 is 1.24 bits per heavy atom. The number of nitrogens with zero attached hydrogens (tertiary/aromatic N) is 2. The van der Waals surface area contributed by atoms with Crippen LogP contribution in [0, 0.1) is 22.9 Å². The van der Waals surface area contributed by atoms with Crippen molar-refractivity contribution < 1.29 is 13.7 Å². The van der Waals surface area contributed by atoms with E-state index in [4.69, 9.17) is 4.42 Å². The van der Waals surface area contributed by atoms with E-state index in [2.05, 4.69) is 10.3 Å². The van der Waals surface area contributed by atoms with Gasteiger partial charge in [0.05, 0.1) is 10.6 Å². The molecular weight excluding hydrogens is 325 g/mol. The SMILES string of the molecule is Cc1ccc(-c2nc(CCNc3cccc(F)c3[N+](=O)[O-])co2)cc1. The average Bonchev–Trinajstić information content (AvgIpc) is 3.04. The van der Waals surface area contributed by atoms with Crippen LogP contribution in [-0.4, -0.2) is 16.5 Å². The minimum Gasteiger partial charge on any atom is -0.444 e. The van der Waals surface area contributed by atoms with Gasteiger partial charge in [0.1, 0.15) is 12.0 Å². The number of nitro groups is 1. The Bertz CT molecular complexity index is 891. The number of rotatable bonds is 6. The Labute approximate surface area is 143 Å². The second kappa shape index (κ2) is 7.12. The van der Waals surface area contributed by atoms with Crippen molar-refractivity contribution in [3.63, 3.8) is 0 Å². The number of nitrogens with one attached hydrogen (secondary N) is 1. The van der Waals surface area contributed by atoms with Gasteiger partial charge in [0.2, 0.25) is 11.7 Å². The average molecular weight is 341 g/mol. The third-order valence-electron chi connectivity index (χ3n) is 3.72. The summed E-state index contributed by atoms with van der Waals surface area (Å²) >= 11 is 0. The molecule has 0 unspecified atom stereocenters. The topological polar surface area (TPSA) is 81.2 Å². The zero-order valence-electron chi connectivity index (χ0n) is 13.5. The van der Waals surface area contributed by atoms with Crippen LogP contribution >= 0.6 is 0 Å². The molecule has 0 saturated carbocycles. The van der Waals surface area contributed by atoms with Crippen LogP contribution in [0.15, 0.2) is 53.1 Å². The third-order valence-corrected chi connectivity index (χ3v) is 3.72. The summed E-state index contributed by atoms with van der Waals surface area (Å²) in [5, 5.41) is 13.8. The zero-order chi connectivity index (χ0) is 17.8. The predicted molar refractivity (Wildman–Crippen MR) is 91.9 cm³/mol. The van der Waals surface area contributed by atoms with Crippen molar-refractivity contribution in [2.24, 2.45) is 0 Å². The summed E-state index contributed by atoms with van der Waals surface area (Å²) in [6, 6.07) is 11.8. The van der Waals surface area contributed by atoms with E-state index < -0.39 is 16.4 Å². The highest BCUT2D eigenvalue weighted by atomic mass is 19.1. The van der Waals surface area contributed by atoms with Crippen LogP contribution < -0.4 is 5.32 Å². The molecule has 0 aliphatic heterocycles. The van der Waals surface area contributed by atoms with Gasteiger partial charge in [-0.05, 0) is 31.2 Å². The number of benzene rings is 2. The predicted octanol–water partition coefficient (Wildman–Crippen LogP) is 4.35. The van der Waals surface area contributed by atoms with Crippen LogP contribution in [0.5, 0.6) is 0 Å². The van der Waals surface area contributed by atoms with Gasteiger partial charge in [0.25, 0.3) is 0 Å². The third kappa shape index (κ3) is 3.82. The Hall–Kier alpha value is -3.22. The van der Waals surface area contributed by atoms with Crippen LogP contribution in [0.1, 0.15) is 11.3 Å². The molecular formula is C18H16FN3O3. The molecule has 3 rings (SSSR count). The summed E-state index contributed by atoms with van der Waals surface area (Å²) in [7, 11) is 0. The summed E-state index contributed by atoms with van der Waals surface area (Å²) < 4.78 is 19.0. The van der Waals surface area contributed by atoms with Crippen LogP contribution in [0.3, 0.4) is 0 Å². The molecule has 2 aromatic carbocycles. The van der Waals surface area contributed by atoms with Gasteiger partial charge in [0.15, 0.2) is 0 Å². The molecule has 0 atom stereocenters. The van der Waals surface area contributed by atoms with Gasteiger partial charge in [-0.1, -0.05) is 23.8 Å². The highest BCUT2D eigenvalue weighted by Crippen LogP contribution is 2.27. The quantitative estimate of drug-likeness (QED) is 0.532. The van der Waals surface area contributed by atoms with Gasteiger partial charge in [-0.25, -0.2) is 4.98 Å². The fourth-order valence-electron chi connectivity index (χ4n) is 2.42. The number of anilines is 1. The molecule has 0 amide bonds. The number of hydrogen-bond donors (Lipinski definition) is 1. The van der Waals surface area contributed by atoms with Gasteiger partial charge in [-0.3, -0.25) is 10.1 Å². The first kappa shape index (κ1) is 16.6. The van der Waals surface area contributed by atoms with E-state index in [0.29, 0.717) is 24.6 Å². The van der Waals surface area contributed by atoms with Crippen LogP contribution in [0.25, 0.3) is 11.5 Å². The standard InChI is InChI=1S/C18H16FN3O3/c1-12-5-7-13(8-6-12)18-21-14(11-25-18)9-10-20-16-4-2-3-15(19)17(16)22(23)24/h2-8,11,20H,9-10H2,1H3. The van der Waals surface area contributed by atoms with Gasteiger partial charge in [-0.2, -0.15) is 4.39 Å². The number of oxazole rings is 1. The highest BCUT2D eigenvalue weighted by molar-refractivity contribution is 5.62. The van der Waals surface area contributed by atoms with E-state index in [1.807, 2.05) is 31.2 Å². The number of nitro benzene ring substituents is 1. The largest absolute Gasteiger partial charge is 0.444 e. The molecule has 128 valence electrons. The lowest BCUT2D eigenvalue weighted by Crippen LogP contribution is -2.08. The van der Waals surface area contributed by atoms with Crippen molar-refractivity contribution >= 4 is 11.4 Å². The smallest absolute Gasteiger partial charge is 0.327 e. The molecule has 0 saturated heterocycles. The van der Waals surface area contributed by atoms with E-state index in [-0.39, 0.29) is 5.69 Å². The van der Waals surface area contributed by atoms with Crippen molar-refractivity contribution in [3.8, 4) is 11.5 Å². The molecule has 1 heterocycles. The molecule has 7 heteroatoms. The van der Waals surface area contributed by atoms with Crippen LogP contribution in [0.4, 0.5) is 15.8 Å². The zero-order valence-corrected chi connectivity index (χ0v) is 13.5. The second-order valence-electron chi connectivity index (χ2n) is 5.58. The summed E-state index contributed by atoms with van der Waals surface area (Å²) in [6.45, 7) is 2.37. The minimum absolute atomic E-state index is 0.146. The second-order valence-corrected chi connectivity index (χ2v) is 5.58. The minimum atomic E-state index is -0.863. The Kier molecular flexibility index (Phi) is 4.74.